The zero-order chi connectivity index (χ0) is 13.2. The maximum absolute atomic E-state index is 5.42. The highest BCUT2D eigenvalue weighted by Crippen LogP contribution is 2.32. The molecule has 100 valence electrons. The zero-order valence-electron chi connectivity index (χ0n) is 10.9. The van der Waals surface area contributed by atoms with Crippen LogP contribution in [0.4, 0.5) is 11.6 Å². The topological polar surface area (TPSA) is 81.0 Å². The Labute approximate surface area is 110 Å². The van der Waals surface area contributed by atoms with Crippen molar-refractivity contribution in [3.63, 3.8) is 0 Å². The lowest BCUT2D eigenvalue weighted by atomic mass is 10.3. The molecule has 0 atom stereocenters. The Hall–Kier alpha value is -2.38. The van der Waals surface area contributed by atoms with Gasteiger partial charge in [-0.2, -0.15) is 0 Å². The molecule has 0 saturated heterocycles. The largest absolute Gasteiger partial charge is 0.490 e. The van der Waals surface area contributed by atoms with Gasteiger partial charge in [0.25, 0.3) is 0 Å². The van der Waals surface area contributed by atoms with E-state index in [0.717, 1.165) is 24.7 Å². The van der Waals surface area contributed by atoms with Crippen LogP contribution in [0.25, 0.3) is 0 Å². The quantitative estimate of drug-likeness (QED) is 0.841. The van der Waals surface area contributed by atoms with Crippen LogP contribution < -0.4 is 15.0 Å². The first-order chi connectivity index (χ1) is 9.33. The van der Waals surface area contributed by atoms with E-state index in [1.54, 1.807) is 13.4 Å². The minimum absolute atomic E-state index is 0.651. The van der Waals surface area contributed by atoms with Crippen molar-refractivity contribution in [3.8, 4) is 5.75 Å². The van der Waals surface area contributed by atoms with Gasteiger partial charge in [-0.3, -0.25) is 0 Å². The molecule has 8 nitrogen and oxygen atoms in total. The average molecular weight is 261 g/mol. The summed E-state index contributed by atoms with van der Waals surface area (Å²) in [6, 6.07) is 0. The molecule has 0 aromatic carbocycles. The van der Waals surface area contributed by atoms with Gasteiger partial charge in [-0.15, -0.1) is 10.2 Å². The summed E-state index contributed by atoms with van der Waals surface area (Å²) < 4.78 is 7.46. The van der Waals surface area contributed by atoms with E-state index in [0.29, 0.717) is 18.1 Å². The molecule has 0 bridgehead atoms. The summed E-state index contributed by atoms with van der Waals surface area (Å²) in [6.07, 6.45) is 3.28. The Bertz CT molecular complexity index is 582. The zero-order valence-corrected chi connectivity index (χ0v) is 10.9. The molecule has 1 aliphatic heterocycles. The van der Waals surface area contributed by atoms with E-state index >= 15 is 0 Å². The minimum atomic E-state index is 0.651. The molecule has 0 spiro atoms. The second kappa shape index (κ2) is 4.71. The Morgan fingerprint density at radius 1 is 1.32 bits per heavy atom. The maximum atomic E-state index is 5.42. The third-order valence-electron chi connectivity index (χ3n) is 3.16. The highest BCUT2D eigenvalue weighted by Gasteiger charge is 2.23. The number of fused-ring (bicyclic) bond motifs is 1. The van der Waals surface area contributed by atoms with Gasteiger partial charge in [0.1, 0.15) is 12.7 Å². The molecule has 0 amide bonds. The van der Waals surface area contributed by atoms with Gasteiger partial charge in [-0.05, 0) is 0 Å². The Balaban J connectivity index is 1.95. The summed E-state index contributed by atoms with van der Waals surface area (Å²) in [5.41, 5.74) is 0. The Morgan fingerprint density at radius 2 is 2.21 bits per heavy atom. The number of methoxy groups -OCH3 is 1. The van der Waals surface area contributed by atoms with Crippen molar-refractivity contribution in [2.45, 2.75) is 13.1 Å². The van der Waals surface area contributed by atoms with Crippen molar-refractivity contribution in [2.75, 3.05) is 30.9 Å². The van der Waals surface area contributed by atoms with Crippen molar-refractivity contribution in [1.82, 2.24) is 24.7 Å². The van der Waals surface area contributed by atoms with Crippen LogP contribution in [0.15, 0.2) is 12.7 Å². The summed E-state index contributed by atoms with van der Waals surface area (Å²) in [7, 11) is 3.43. The van der Waals surface area contributed by atoms with Gasteiger partial charge in [0.15, 0.2) is 17.5 Å². The van der Waals surface area contributed by atoms with Crippen LogP contribution in [0.2, 0.25) is 0 Å². The van der Waals surface area contributed by atoms with Crippen molar-refractivity contribution < 1.29 is 4.74 Å². The van der Waals surface area contributed by atoms with Crippen LogP contribution in [0, 0.1) is 0 Å². The molecule has 0 unspecified atom stereocenters. The number of nitrogens with one attached hydrogen (secondary N) is 1. The molecule has 0 radical (unpaired) electrons. The van der Waals surface area contributed by atoms with E-state index in [1.165, 1.54) is 6.33 Å². The molecule has 1 N–H and O–H groups in total. The highest BCUT2D eigenvalue weighted by molar-refractivity contribution is 5.64. The second-order valence-corrected chi connectivity index (χ2v) is 4.19. The van der Waals surface area contributed by atoms with Crippen LogP contribution in [-0.4, -0.2) is 45.4 Å². The predicted octanol–water partition coefficient (Wildman–Crippen LogP) is 0.139. The molecule has 19 heavy (non-hydrogen) atoms. The van der Waals surface area contributed by atoms with Crippen LogP contribution in [0.3, 0.4) is 0 Å². The molecule has 0 saturated carbocycles. The second-order valence-electron chi connectivity index (χ2n) is 4.19. The van der Waals surface area contributed by atoms with Crippen LogP contribution >= 0.6 is 0 Å². The van der Waals surface area contributed by atoms with E-state index in [4.69, 9.17) is 4.74 Å². The van der Waals surface area contributed by atoms with Crippen molar-refractivity contribution >= 4 is 11.6 Å². The average Bonchev–Trinajstić information content (AvgIpc) is 2.93. The Morgan fingerprint density at radius 3 is 3.00 bits per heavy atom. The monoisotopic (exact) mass is 261 g/mol. The summed E-state index contributed by atoms with van der Waals surface area (Å²) in [5, 5.41) is 11.0. The van der Waals surface area contributed by atoms with Gasteiger partial charge in [-0.25, -0.2) is 9.97 Å². The standard InChI is InChI=1S/C11H15N7O/c1-12-10-9(19-2)11(14-6-13-10)17-3-4-18-7-15-16-8(18)5-17/h6-7H,3-5H2,1-2H3,(H,12,13,14). The van der Waals surface area contributed by atoms with Crippen LogP contribution in [0.5, 0.6) is 5.75 Å². The molecule has 1 aliphatic rings. The predicted molar refractivity (Wildman–Crippen MR) is 69.2 cm³/mol. The lowest BCUT2D eigenvalue weighted by Gasteiger charge is -2.29. The van der Waals surface area contributed by atoms with Gasteiger partial charge < -0.3 is 19.5 Å². The van der Waals surface area contributed by atoms with E-state index in [2.05, 4.69) is 30.4 Å². The first-order valence-electron chi connectivity index (χ1n) is 6.02. The number of hydrogen-bond acceptors (Lipinski definition) is 7. The number of hydrogen-bond donors (Lipinski definition) is 1. The molecule has 8 heteroatoms. The maximum Gasteiger partial charge on any atom is 0.204 e. The summed E-state index contributed by atoms with van der Waals surface area (Å²) in [6.45, 7) is 2.34. The molecular formula is C11H15N7O. The first-order valence-corrected chi connectivity index (χ1v) is 6.02. The van der Waals surface area contributed by atoms with Crippen molar-refractivity contribution in [2.24, 2.45) is 0 Å². The SMILES string of the molecule is CNc1ncnc(N2CCn3cnnc3C2)c1OC. The first kappa shape index (κ1) is 11.7. The summed E-state index contributed by atoms with van der Waals surface area (Å²) in [5.74, 6) is 3.03. The number of ether oxygens (including phenoxy) is 1. The fraction of sp³-hybridized carbons (Fsp3) is 0.455. The molecule has 2 aromatic heterocycles. The third kappa shape index (κ3) is 1.94. The van der Waals surface area contributed by atoms with E-state index in [1.807, 2.05) is 11.6 Å². The number of nitrogens with zero attached hydrogens (tertiary/aromatic N) is 6. The van der Waals surface area contributed by atoms with Gasteiger partial charge >= 0.3 is 0 Å². The molecule has 0 fully saturated rings. The van der Waals surface area contributed by atoms with Gasteiger partial charge in [0.2, 0.25) is 5.75 Å². The summed E-state index contributed by atoms with van der Waals surface area (Å²) in [4.78, 5) is 10.6. The fourth-order valence-electron chi connectivity index (χ4n) is 2.20. The van der Waals surface area contributed by atoms with Gasteiger partial charge in [-0.1, -0.05) is 0 Å². The molecule has 3 rings (SSSR count). The number of rotatable bonds is 3. The molecular weight excluding hydrogens is 246 g/mol. The number of anilines is 2. The van der Waals surface area contributed by atoms with E-state index in [-0.39, 0.29) is 0 Å². The van der Waals surface area contributed by atoms with Crippen molar-refractivity contribution in [1.29, 1.82) is 0 Å². The van der Waals surface area contributed by atoms with Gasteiger partial charge in [0, 0.05) is 20.1 Å². The van der Waals surface area contributed by atoms with E-state index in [9.17, 15) is 0 Å². The van der Waals surface area contributed by atoms with Crippen molar-refractivity contribution in [3.05, 3.63) is 18.5 Å². The van der Waals surface area contributed by atoms with Crippen LogP contribution in [0.1, 0.15) is 5.82 Å². The smallest absolute Gasteiger partial charge is 0.204 e. The normalized spacial score (nSPS) is 14.1. The third-order valence-corrected chi connectivity index (χ3v) is 3.16. The minimum Gasteiger partial charge on any atom is -0.490 e. The van der Waals surface area contributed by atoms with E-state index < -0.39 is 0 Å². The van der Waals surface area contributed by atoms with Crippen LogP contribution in [-0.2, 0) is 13.1 Å². The summed E-state index contributed by atoms with van der Waals surface area (Å²) >= 11 is 0. The Kier molecular flexibility index (Phi) is 2.90. The highest BCUT2D eigenvalue weighted by atomic mass is 16.5. The molecule has 2 aromatic rings. The number of aromatic nitrogens is 5. The molecule has 3 heterocycles. The molecule has 0 aliphatic carbocycles. The van der Waals surface area contributed by atoms with Gasteiger partial charge in [0.05, 0.1) is 13.7 Å². The lowest BCUT2D eigenvalue weighted by molar-refractivity contribution is 0.410. The fourth-order valence-corrected chi connectivity index (χ4v) is 2.20. The lowest BCUT2D eigenvalue weighted by Crippen LogP contribution is -2.34.